The van der Waals surface area contributed by atoms with Crippen molar-refractivity contribution in [1.82, 2.24) is 9.62 Å². The highest BCUT2D eigenvalue weighted by molar-refractivity contribution is 7.90. The number of nitrogens with zero attached hydrogens (tertiary/aromatic N) is 1. The first-order valence-electron chi connectivity index (χ1n) is 8.14. The molecule has 5 nitrogen and oxygen atoms in total. The molecule has 1 aliphatic heterocycles. The number of benzene rings is 1. The first kappa shape index (κ1) is 17.9. The molecule has 2 rings (SSSR count). The van der Waals surface area contributed by atoms with Crippen molar-refractivity contribution >= 4 is 15.9 Å². The Bertz CT molecular complexity index is 638. The molecule has 0 spiro atoms. The Morgan fingerprint density at radius 1 is 1.26 bits per heavy atom. The molecule has 1 saturated heterocycles. The SMILES string of the molecule is CNS(=O)(=O)CC(=O)N1CCCC[C@H]1c1ccc(C(C)C)cc1. The van der Waals surface area contributed by atoms with Gasteiger partial charge in [0.2, 0.25) is 15.9 Å². The summed E-state index contributed by atoms with van der Waals surface area (Å²) in [5, 5.41) is 0. The molecular formula is C17H26N2O3S. The maximum Gasteiger partial charge on any atom is 0.239 e. The number of sulfonamides is 1. The molecule has 128 valence electrons. The van der Waals surface area contributed by atoms with E-state index in [0.29, 0.717) is 12.5 Å². The summed E-state index contributed by atoms with van der Waals surface area (Å²) >= 11 is 0. The van der Waals surface area contributed by atoms with E-state index in [-0.39, 0.29) is 11.9 Å². The van der Waals surface area contributed by atoms with Crippen LogP contribution in [0.5, 0.6) is 0 Å². The fourth-order valence-corrected chi connectivity index (χ4v) is 3.63. The maximum atomic E-state index is 12.4. The standard InChI is InChI=1S/C17H26N2O3S/c1-13(2)14-7-9-15(10-8-14)16-6-4-5-11-19(16)17(20)12-23(21,22)18-3/h7-10,13,16,18H,4-6,11-12H2,1-3H3/t16-/m0/s1. The molecule has 1 aliphatic rings. The molecule has 0 saturated carbocycles. The van der Waals surface area contributed by atoms with Crippen LogP contribution in [-0.2, 0) is 14.8 Å². The van der Waals surface area contributed by atoms with Crippen LogP contribution in [0, 0.1) is 0 Å². The maximum absolute atomic E-state index is 12.4. The van der Waals surface area contributed by atoms with Gasteiger partial charge in [-0.25, -0.2) is 13.1 Å². The van der Waals surface area contributed by atoms with E-state index in [1.807, 2.05) is 0 Å². The first-order valence-corrected chi connectivity index (χ1v) is 9.80. The van der Waals surface area contributed by atoms with Crippen LogP contribution in [0.15, 0.2) is 24.3 Å². The lowest BCUT2D eigenvalue weighted by molar-refractivity contribution is -0.132. The zero-order chi connectivity index (χ0) is 17.0. The average Bonchev–Trinajstić information content (AvgIpc) is 2.54. The van der Waals surface area contributed by atoms with E-state index >= 15 is 0 Å². The van der Waals surface area contributed by atoms with Crippen LogP contribution >= 0.6 is 0 Å². The van der Waals surface area contributed by atoms with Crippen LogP contribution < -0.4 is 4.72 Å². The van der Waals surface area contributed by atoms with E-state index < -0.39 is 15.8 Å². The van der Waals surface area contributed by atoms with Gasteiger partial charge in [0, 0.05) is 6.54 Å². The summed E-state index contributed by atoms with van der Waals surface area (Å²) in [5.41, 5.74) is 2.35. The Morgan fingerprint density at radius 2 is 1.91 bits per heavy atom. The Labute approximate surface area is 139 Å². The number of likely N-dealkylation sites (tertiary alicyclic amines) is 1. The summed E-state index contributed by atoms with van der Waals surface area (Å²) < 4.78 is 25.5. The van der Waals surface area contributed by atoms with E-state index in [9.17, 15) is 13.2 Å². The highest BCUT2D eigenvalue weighted by atomic mass is 32.2. The summed E-state index contributed by atoms with van der Waals surface area (Å²) in [4.78, 5) is 14.2. The topological polar surface area (TPSA) is 66.5 Å². The fourth-order valence-electron chi connectivity index (χ4n) is 3.00. The number of nitrogens with one attached hydrogen (secondary N) is 1. The minimum absolute atomic E-state index is 0.0236. The van der Waals surface area contributed by atoms with Crippen molar-refractivity contribution in [3.63, 3.8) is 0 Å². The van der Waals surface area contributed by atoms with Gasteiger partial charge in [0.25, 0.3) is 0 Å². The monoisotopic (exact) mass is 338 g/mol. The number of rotatable bonds is 5. The minimum Gasteiger partial charge on any atom is -0.335 e. The van der Waals surface area contributed by atoms with Gasteiger partial charge in [-0.15, -0.1) is 0 Å². The summed E-state index contributed by atoms with van der Waals surface area (Å²) in [6.45, 7) is 4.91. The number of carbonyl (C=O) groups is 1. The third kappa shape index (κ3) is 4.54. The molecule has 1 aromatic rings. The molecule has 0 aromatic heterocycles. The van der Waals surface area contributed by atoms with E-state index in [0.717, 1.165) is 24.8 Å². The van der Waals surface area contributed by atoms with Gasteiger partial charge in [0.15, 0.2) is 0 Å². The molecule has 1 heterocycles. The predicted molar refractivity (Wildman–Crippen MR) is 91.7 cm³/mol. The Balaban J connectivity index is 2.19. The minimum atomic E-state index is -3.53. The van der Waals surface area contributed by atoms with Gasteiger partial charge in [-0.1, -0.05) is 38.1 Å². The number of amides is 1. The third-order valence-electron chi connectivity index (χ3n) is 4.44. The predicted octanol–water partition coefficient (Wildman–Crippen LogP) is 2.41. The van der Waals surface area contributed by atoms with Crippen molar-refractivity contribution in [2.45, 2.75) is 45.1 Å². The van der Waals surface area contributed by atoms with Gasteiger partial charge < -0.3 is 4.90 Å². The van der Waals surface area contributed by atoms with E-state index in [4.69, 9.17) is 0 Å². The highest BCUT2D eigenvalue weighted by Gasteiger charge is 2.30. The molecule has 1 fully saturated rings. The quantitative estimate of drug-likeness (QED) is 0.896. The van der Waals surface area contributed by atoms with Crippen LogP contribution in [0.25, 0.3) is 0 Å². The number of piperidine rings is 1. The fraction of sp³-hybridized carbons (Fsp3) is 0.588. The van der Waals surface area contributed by atoms with Crippen molar-refractivity contribution in [2.75, 3.05) is 19.3 Å². The van der Waals surface area contributed by atoms with Crippen LogP contribution in [-0.4, -0.2) is 38.6 Å². The summed E-state index contributed by atoms with van der Waals surface area (Å²) in [6.07, 6.45) is 2.86. The Morgan fingerprint density at radius 3 is 2.48 bits per heavy atom. The Hall–Kier alpha value is -1.40. The molecule has 0 aliphatic carbocycles. The largest absolute Gasteiger partial charge is 0.335 e. The lowest BCUT2D eigenvalue weighted by atomic mass is 9.93. The smallest absolute Gasteiger partial charge is 0.239 e. The molecule has 1 amide bonds. The second-order valence-corrected chi connectivity index (χ2v) is 8.31. The lowest BCUT2D eigenvalue weighted by Crippen LogP contribution is -2.43. The third-order valence-corrected chi connectivity index (χ3v) is 5.68. The van der Waals surface area contributed by atoms with E-state index in [2.05, 4.69) is 42.8 Å². The zero-order valence-corrected chi connectivity index (χ0v) is 14.9. The van der Waals surface area contributed by atoms with Gasteiger partial charge in [-0.2, -0.15) is 0 Å². The average molecular weight is 338 g/mol. The van der Waals surface area contributed by atoms with Crippen LogP contribution in [0.4, 0.5) is 0 Å². The molecule has 0 bridgehead atoms. The second kappa shape index (κ2) is 7.45. The molecule has 0 radical (unpaired) electrons. The van der Waals surface area contributed by atoms with Crippen molar-refractivity contribution in [3.05, 3.63) is 35.4 Å². The van der Waals surface area contributed by atoms with Crippen molar-refractivity contribution in [1.29, 1.82) is 0 Å². The van der Waals surface area contributed by atoms with Gasteiger partial charge in [-0.3, -0.25) is 4.79 Å². The van der Waals surface area contributed by atoms with Crippen molar-refractivity contribution in [2.24, 2.45) is 0 Å². The molecule has 6 heteroatoms. The molecule has 1 atom stereocenters. The van der Waals surface area contributed by atoms with E-state index in [1.165, 1.54) is 12.6 Å². The first-order chi connectivity index (χ1) is 10.8. The van der Waals surface area contributed by atoms with Gasteiger partial charge in [-0.05, 0) is 43.4 Å². The summed E-state index contributed by atoms with van der Waals surface area (Å²) in [6, 6.07) is 8.31. The van der Waals surface area contributed by atoms with Gasteiger partial charge in [0.1, 0.15) is 5.75 Å². The zero-order valence-electron chi connectivity index (χ0n) is 14.1. The van der Waals surface area contributed by atoms with Crippen LogP contribution in [0.2, 0.25) is 0 Å². The molecule has 1 N–H and O–H groups in total. The molecular weight excluding hydrogens is 312 g/mol. The van der Waals surface area contributed by atoms with Gasteiger partial charge in [0.05, 0.1) is 6.04 Å². The Kier molecular flexibility index (Phi) is 5.81. The molecule has 0 unspecified atom stereocenters. The van der Waals surface area contributed by atoms with Crippen molar-refractivity contribution in [3.8, 4) is 0 Å². The number of hydrogen-bond donors (Lipinski definition) is 1. The normalized spacial score (nSPS) is 19.1. The highest BCUT2D eigenvalue weighted by Crippen LogP contribution is 2.31. The number of carbonyl (C=O) groups excluding carboxylic acids is 1. The number of hydrogen-bond acceptors (Lipinski definition) is 3. The summed E-state index contributed by atoms with van der Waals surface area (Å²) in [5.74, 6) is -0.338. The second-order valence-electron chi connectivity index (χ2n) is 6.38. The van der Waals surface area contributed by atoms with Crippen molar-refractivity contribution < 1.29 is 13.2 Å². The summed E-state index contributed by atoms with van der Waals surface area (Å²) in [7, 11) is -2.20. The van der Waals surface area contributed by atoms with E-state index in [1.54, 1.807) is 4.90 Å². The van der Waals surface area contributed by atoms with Crippen LogP contribution in [0.3, 0.4) is 0 Å². The molecule has 23 heavy (non-hydrogen) atoms. The van der Waals surface area contributed by atoms with Gasteiger partial charge >= 0.3 is 0 Å². The molecule has 1 aromatic carbocycles. The lowest BCUT2D eigenvalue weighted by Gasteiger charge is -2.36. The van der Waals surface area contributed by atoms with Crippen LogP contribution in [0.1, 0.15) is 56.2 Å².